The Labute approximate surface area is 129 Å². The maximum atomic E-state index is 6.24. The summed E-state index contributed by atoms with van der Waals surface area (Å²) in [5, 5.41) is 4.07. The summed E-state index contributed by atoms with van der Waals surface area (Å²) in [6.45, 7) is 1.54. The van der Waals surface area contributed by atoms with Crippen LogP contribution in [0.3, 0.4) is 0 Å². The van der Waals surface area contributed by atoms with Gasteiger partial charge in [-0.25, -0.2) is 9.97 Å². The molecule has 0 unspecified atom stereocenters. The first-order valence-electron chi connectivity index (χ1n) is 7.35. The highest BCUT2D eigenvalue weighted by atomic mass is 35.5. The van der Waals surface area contributed by atoms with Gasteiger partial charge in [-0.05, 0) is 37.9 Å². The quantitative estimate of drug-likeness (QED) is 0.802. The number of hydrogen-bond acceptors (Lipinski definition) is 4. The molecule has 0 radical (unpaired) electrons. The van der Waals surface area contributed by atoms with Gasteiger partial charge in [0.25, 0.3) is 0 Å². The zero-order chi connectivity index (χ0) is 14.7. The smallest absolute Gasteiger partial charge is 0.161 e. The molecule has 4 nitrogen and oxygen atoms in total. The van der Waals surface area contributed by atoms with E-state index in [0.717, 1.165) is 29.9 Å². The third kappa shape index (κ3) is 3.34. The van der Waals surface area contributed by atoms with Crippen molar-refractivity contribution in [2.45, 2.75) is 25.2 Å². The van der Waals surface area contributed by atoms with Crippen molar-refractivity contribution in [3.8, 4) is 11.4 Å². The standard InChI is InChI=1S/C16H19ClN4/c17-13-5-2-1-4-12(13)16-20-10-14(19-9-3-8-18)15(21-16)11-6-7-11/h1-2,4-5,10-11,19H,3,6-9,18H2. The summed E-state index contributed by atoms with van der Waals surface area (Å²) in [6, 6.07) is 7.69. The number of benzene rings is 1. The molecule has 3 rings (SSSR count). The summed E-state index contributed by atoms with van der Waals surface area (Å²) in [5.74, 6) is 1.25. The van der Waals surface area contributed by atoms with E-state index in [0.29, 0.717) is 23.3 Å². The van der Waals surface area contributed by atoms with Crippen LogP contribution < -0.4 is 11.1 Å². The minimum Gasteiger partial charge on any atom is -0.382 e. The van der Waals surface area contributed by atoms with Crippen molar-refractivity contribution >= 4 is 17.3 Å². The lowest BCUT2D eigenvalue weighted by Crippen LogP contribution is -2.11. The van der Waals surface area contributed by atoms with Crippen molar-refractivity contribution in [1.82, 2.24) is 9.97 Å². The van der Waals surface area contributed by atoms with Crippen molar-refractivity contribution in [2.24, 2.45) is 5.73 Å². The molecule has 21 heavy (non-hydrogen) atoms. The second kappa shape index (κ2) is 6.41. The summed E-state index contributed by atoms with van der Waals surface area (Å²) in [5.41, 5.74) is 8.56. The normalized spacial score (nSPS) is 14.2. The first-order chi connectivity index (χ1) is 10.3. The summed E-state index contributed by atoms with van der Waals surface area (Å²) >= 11 is 6.24. The number of halogens is 1. The topological polar surface area (TPSA) is 63.8 Å². The van der Waals surface area contributed by atoms with Crippen LogP contribution >= 0.6 is 11.6 Å². The maximum Gasteiger partial charge on any atom is 0.161 e. The summed E-state index contributed by atoms with van der Waals surface area (Å²) in [4.78, 5) is 9.23. The fraction of sp³-hybridized carbons (Fsp3) is 0.375. The Bertz CT molecular complexity index is 625. The van der Waals surface area contributed by atoms with Crippen LogP contribution in [0.2, 0.25) is 5.02 Å². The van der Waals surface area contributed by atoms with Crippen molar-refractivity contribution in [3.05, 3.63) is 41.2 Å². The number of hydrogen-bond donors (Lipinski definition) is 2. The number of nitrogens with two attached hydrogens (primary N) is 1. The molecule has 110 valence electrons. The van der Waals surface area contributed by atoms with Crippen LogP contribution in [0.25, 0.3) is 11.4 Å². The van der Waals surface area contributed by atoms with E-state index in [9.17, 15) is 0 Å². The molecular formula is C16H19ClN4. The number of aromatic nitrogens is 2. The van der Waals surface area contributed by atoms with Gasteiger partial charge in [0.2, 0.25) is 0 Å². The molecule has 1 aromatic heterocycles. The molecular weight excluding hydrogens is 284 g/mol. The predicted octanol–water partition coefficient (Wildman–Crippen LogP) is 3.44. The SMILES string of the molecule is NCCCNc1cnc(-c2ccccc2Cl)nc1C1CC1. The minimum atomic E-state index is 0.551. The van der Waals surface area contributed by atoms with E-state index >= 15 is 0 Å². The second-order valence-corrected chi connectivity index (χ2v) is 5.72. The highest BCUT2D eigenvalue weighted by Gasteiger charge is 2.28. The van der Waals surface area contributed by atoms with Gasteiger partial charge < -0.3 is 11.1 Å². The number of rotatable bonds is 6. The van der Waals surface area contributed by atoms with Gasteiger partial charge in [-0.2, -0.15) is 0 Å². The third-order valence-electron chi connectivity index (χ3n) is 3.59. The molecule has 0 amide bonds. The molecule has 0 saturated heterocycles. The average molecular weight is 303 g/mol. The van der Waals surface area contributed by atoms with E-state index in [-0.39, 0.29) is 0 Å². The van der Waals surface area contributed by atoms with Gasteiger partial charge in [0.05, 0.1) is 22.6 Å². The number of nitrogens with one attached hydrogen (secondary N) is 1. The monoisotopic (exact) mass is 302 g/mol. The van der Waals surface area contributed by atoms with Crippen LogP contribution in [0.15, 0.2) is 30.5 Å². The first kappa shape index (κ1) is 14.3. The molecule has 1 aliphatic rings. The van der Waals surface area contributed by atoms with Crippen LogP contribution in [0.4, 0.5) is 5.69 Å². The highest BCUT2D eigenvalue weighted by molar-refractivity contribution is 6.33. The van der Waals surface area contributed by atoms with Gasteiger partial charge in [-0.15, -0.1) is 0 Å². The Balaban J connectivity index is 1.90. The molecule has 2 aromatic rings. The first-order valence-corrected chi connectivity index (χ1v) is 7.73. The zero-order valence-corrected chi connectivity index (χ0v) is 12.6. The van der Waals surface area contributed by atoms with Crippen LogP contribution in [0, 0.1) is 0 Å². The fourth-order valence-electron chi connectivity index (χ4n) is 2.30. The molecule has 0 spiro atoms. The van der Waals surface area contributed by atoms with Crippen LogP contribution in [-0.4, -0.2) is 23.1 Å². The lowest BCUT2D eigenvalue weighted by atomic mass is 10.2. The summed E-state index contributed by atoms with van der Waals surface area (Å²) < 4.78 is 0. The Morgan fingerprint density at radius 3 is 2.81 bits per heavy atom. The van der Waals surface area contributed by atoms with Crippen LogP contribution in [-0.2, 0) is 0 Å². The number of anilines is 1. The minimum absolute atomic E-state index is 0.551. The molecule has 5 heteroatoms. The van der Waals surface area contributed by atoms with Crippen LogP contribution in [0.5, 0.6) is 0 Å². The van der Waals surface area contributed by atoms with Gasteiger partial charge >= 0.3 is 0 Å². The van der Waals surface area contributed by atoms with E-state index in [4.69, 9.17) is 22.3 Å². The van der Waals surface area contributed by atoms with Gasteiger partial charge in [-0.1, -0.05) is 23.7 Å². The van der Waals surface area contributed by atoms with Crippen molar-refractivity contribution in [1.29, 1.82) is 0 Å². The fourth-order valence-corrected chi connectivity index (χ4v) is 2.52. The molecule has 0 aliphatic heterocycles. The Hall–Kier alpha value is -1.65. The van der Waals surface area contributed by atoms with Crippen molar-refractivity contribution in [3.63, 3.8) is 0 Å². The van der Waals surface area contributed by atoms with E-state index < -0.39 is 0 Å². The third-order valence-corrected chi connectivity index (χ3v) is 3.92. The maximum absolute atomic E-state index is 6.24. The Kier molecular flexibility index (Phi) is 4.36. The largest absolute Gasteiger partial charge is 0.382 e. The second-order valence-electron chi connectivity index (χ2n) is 5.32. The van der Waals surface area contributed by atoms with E-state index in [1.54, 1.807) is 0 Å². The molecule has 1 heterocycles. The molecule has 3 N–H and O–H groups in total. The molecule has 1 aromatic carbocycles. The van der Waals surface area contributed by atoms with Gasteiger partial charge in [0.1, 0.15) is 0 Å². The van der Waals surface area contributed by atoms with Crippen LogP contribution in [0.1, 0.15) is 30.9 Å². The Morgan fingerprint density at radius 2 is 2.10 bits per heavy atom. The number of nitrogens with zero attached hydrogens (tertiary/aromatic N) is 2. The average Bonchev–Trinajstić information content (AvgIpc) is 3.33. The van der Waals surface area contributed by atoms with Crippen molar-refractivity contribution in [2.75, 3.05) is 18.4 Å². The van der Waals surface area contributed by atoms with Gasteiger partial charge in [0, 0.05) is 18.0 Å². The lowest BCUT2D eigenvalue weighted by molar-refractivity contribution is 0.866. The summed E-state index contributed by atoms with van der Waals surface area (Å²) in [7, 11) is 0. The molecule has 0 bridgehead atoms. The molecule has 1 saturated carbocycles. The van der Waals surface area contributed by atoms with Gasteiger partial charge in [-0.3, -0.25) is 0 Å². The van der Waals surface area contributed by atoms with E-state index in [1.165, 1.54) is 12.8 Å². The molecule has 1 fully saturated rings. The van der Waals surface area contributed by atoms with E-state index in [2.05, 4.69) is 10.3 Å². The highest BCUT2D eigenvalue weighted by Crippen LogP contribution is 2.42. The summed E-state index contributed by atoms with van der Waals surface area (Å²) in [6.07, 6.45) is 5.21. The lowest BCUT2D eigenvalue weighted by Gasteiger charge is -2.12. The van der Waals surface area contributed by atoms with Gasteiger partial charge in [0.15, 0.2) is 5.82 Å². The predicted molar refractivity (Wildman–Crippen MR) is 86.6 cm³/mol. The molecule has 0 atom stereocenters. The Morgan fingerprint density at radius 1 is 1.29 bits per heavy atom. The zero-order valence-electron chi connectivity index (χ0n) is 11.8. The molecule has 1 aliphatic carbocycles. The van der Waals surface area contributed by atoms with Crippen molar-refractivity contribution < 1.29 is 0 Å². The van der Waals surface area contributed by atoms with E-state index in [1.807, 2.05) is 30.5 Å².